The van der Waals surface area contributed by atoms with Crippen molar-refractivity contribution in [3.63, 3.8) is 0 Å². The van der Waals surface area contributed by atoms with Gasteiger partial charge in [0.15, 0.2) is 0 Å². The summed E-state index contributed by atoms with van der Waals surface area (Å²) in [5.41, 5.74) is 2.05. The van der Waals surface area contributed by atoms with E-state index in [1.54, 1.807) is 30.8 Å². The van der Waals surface area contributed by atoms with Crippen molar-refractivity contribution in [2.45, 2.75) is 25.4 Å². The second kappa shape index (κ2) is 8.13. The number of aromatic nitrogens is 2. The van der Waals surface area contributed by atoms with Gasteiger partial charge in [0.1, 0.15) is 11.4 Å². The van der Waals surface area contributed by atoms with E-state index in [4.69, 9.17) is 21.4 Å². The lowest BCUT2D eigenvalue weighted by atomic mass is 9.96. The van der Waals surface area contributed by atoms with Gasteiger partial charge in [0.2, 0.25) is 0 Å². The fourth-order valence-corrected chi connectivity index (χ4v) is 3.07. The molecule has 2 aromatic carbocycles. The molecular formula is C21H23ClN2O3. The monoisotopic (exact) mass is 386 g/mol. The van der Waals surface area contributed by atoms with Crippen LogP contribution in [0.5, 0.6) is 5.75 Å². The van der Waals surface area contributed by atoms with Gasteiger partial charge in [-0.1, -0.05) is 11.6 Å². The Kier molecular flexibility index (Phi) is 5.85. The molecule has 0 aliphatic rings. The Balaban J connectivity index is 2.09. The molecule has 0 radical (unpaired) electrons. The fraction of sp³-hybridized carbons (Fsp3) is 0.286. The third-order valence-corrected chi connectivity index (χ3v) is 4.79. The molecule has 2 N–H and O–H groups in total. The minimum atomic E-state index is -1.14. The van der Waals surface area contributed by atoms with Crippen LogP contribution in [0.1, 0.15) is 25.5 Å². The molecule has 0 amide bonds. The Hall–Kier alpha value is -2.34. The molecule has 3 rings (SSSR count). The van der Waals surface area contributed by atoms with Gasteiger partial charge in [-0.25, -0.2) is 4.68 Å². The van der Waals surface area contributed by atoms with Crippen molar-refractivity contribution in [1.29, 1.82) is 0 Å². The molecule has 0 saturated heterocycles. The average Bonchev–Trinajstić information content (AvgIpc) is 3.13. The minimum absolute atomic E-state index is 0.0272. The third kappa shape index (κ3) is 4.33. The zero-order chi connectivity index (χ0) is 19.4. The molecule has 0 aliphatic carbocycles. The Bertz CT molecular complexity index is 887. The Morgan fingerprint density at radius 2 is 1.78 bits per heavy atom. The molecule has 0 bridgehead atoms. The number of aliphatic hydroxyl groups is 2. The molecule has 1 atom stereocenters. The van der Waals surface area contributed by atoms with E-state index in [-0.39, 0.29) is 6.61 Å². The molecule has 3 aromatic rings. The normalized spacial score (nSPS) is 13.4. The summed E-state index contributed by atoms with van der Waals surface area (Å²) < 4.78 is 7.03. The molecule has 0 saturated carbocycles. The number of methoxy groups -OCH3 is 1. The molecule has 27 heavy (non-hydrogen) atoms. The highest BCUT2D eigenvalue weighted by atomic mass is 35.5. The summed E-state index contributed by atoms with van der Waals surface area (Å²) in [6, 6.07) is 16.9. The van der Waals surface area contributed by atoms with E-state index >= 15 is 0 Å². The van der Waals surface area contributed by atoms with Gasteiger partial charge in [0.25, 0.3) is 0 Å². The van der Waals surface area contributed by atoms with Gasteiger partial charge in [-0.15, -0.1) is 0 Å². The lowest BCUT2D eigenvalue weighted by Crippen LogP contribution is -2.22. The smallest absolute Gasteiger partial charge is 0.118 e. The Labute approximate surface area is 163 Å². The van der Waals surface area contributed by atoms with E-state index in [1.807, 2.05) is 42.5 Å². The van der Waals surface area contributed by atoms with Crippen LogP contribution in [0, 0.1) is 0 Å². The largest absolute Gasteiger partial charge is 0.497 e. The Morgan fingerprint density at radius 1 is 1.11 bits per heavy atom. The number of nitrogens with zero attached hydrogens (tertiary/aromatic N) is 2. The molecule has 1 unspecified atom stereocenters. The highest BCUT2D eigenvalue weighted by Crippen LogP contribution is 2.32. The van der Waals surface area contributed by atoms with Gasteiger partial charge in [-0.3, -0.25) is 0 Å². The number of hydrogen-bond acceptors (Lipinski definition) is 4. The van der Waals surface area contributed by atoms with Gasteiger partial charge in [-0.05, 0) is 74.4 Å². The predicted molar refractivity (Wildman–Crippen MR) is 106 cm³/mol. The number of ether oxygens (including phenoxy) is 1. The minimum Gasteiger partial charge on any atom is -0.497 e. The molecule has 142 valence electrons. The van der Waals surface area contributed by atoms with E-state index in [2.05, 4.69) is 5.10 Å². The Morgan fingerprint density at radius 3 is 2.37 bits per heavy atom. The number of rotatable bonds is 7. The standard InChI is InChI=1S/C21H23ClN2O3/c1-21(26,12-3-13-25)20-14-19(15-4-10-18(27-2)11-5-15)24(23-20)17-8-6-16(22)7-9-17/h4-11,14,25-26H,3,12-13H2,1-2H3. The zero-order valence-corrected chi connectivity index (χ0v) is 16.1. The first-order chi connectivity index (χ1) is 12.9. The summed E-state index contributed by atoms with van der Waals surface area (Å²) in [6.07, 6.45) is 0.919. The van der Waals surface area contributed by atoms with Crippen molar-refractivity contribution in [3.05, 3.63) is 65.3 Å². The van der Waals surface area contributed by atoms with Crippen LogP contribution in [0.3, 0.4) is 0 Å². The molecule has 0 fully saturated rings. The summed E-state index contributed by atoms with van der Waals surface area (Å²) in [5, 5.41) is 25.3. The summed E-state index contributed by atoms with van der Waals surface area (Å²) in [7, 11) is 1.63. The first-order valence-corrected chi connectivity index (χ1v) is 9.16. The second-order valence-corrected chi connectivity index (χ2v) is 7.07. The maximum Gasteiger partial charge on any atom is 0.118 e. The van der Waals surface area contributed by atoms with Gasteiger partial charge in [0.05, 0.1) is 24.2 Å². The summed E-state index contributed by atoms with van der Waals surface area (Å²) >= 11 is 6.02. The highest BCUT2D eigenvalue weighted by Gasteiger charge is 2.27. The van der Waals surface area contributed by atoms with Crippen molar-refractivity contribution in [1.82, 2.24) is 9.78 Å². The van der Waals surface area contributed by atoms with Crippen molar-refractivity contribution < 1.29 is 14.9 Å². The van der Waals surface area contributed by atoms with Crippen molar-refractivity contribution in [3.8, 4) is 22.7 Å². The highest BCUT2D eigenvalue weighted by molar-refractivity contribution is 6.30. The first-order valence-electron chi connectivity index (χ1n) is 8.79. The summed E-state index contributed by atoms with van der Waals surface area (Å²) in [6.45, 7) is 1.74. The summed E-state index contributed by atoms with van der Waals surface area (Å²) in [5.74, 6) is 0.770. The third-order valence-electron chi connectivity index (χ3n) is 4.54. The molecule has 6 heteroatoms. The van der Waals surface area contributed by atoms with Crippen LogP contribution in [-0.2, 0) is 5.60 Å². The van der Waals surface area contributed by atoms with Gasteiger partial charge in [-0.2, -0.15) is 5.10 Å². The van der Waals surface area contributed by atoms with Crippen molar-refractivity contribution >= 4 is 11.6 Å². The topological polar surface area (TPSA) is 67.5 Å². The number of benzene rings is 2. The average molecular weight is 387 g/mol. The van der Waals surface area contributed by atoms with E-state index in [1.165, 1.54) is 0 Å². The summed E-state index contributed by atoms with van der Waals surface area (Å²) in [4.78, 5) is 0. The fourth-order valence-electron chi connectivity index (χ4n) is 2.94. The second-order valence-electron chi connectivity index (χ2n) is 6.63. The van der Waals surface area contributed by atoms with Crippen LogP contribution in [0.4, 0.5) is 0 Å². The quantitative estimate of drug-likeness (QED) is 0.639. The van der Waals surface area contributed by atoms with Crippen LogP contribution in [0.15, 0.2) is 54.6 Å². The van der Waals surface area contributed by atoms with Gasteiger partial charge >= 0.3 is 0 Å². The van der Waals surface area contributed by atoms with Crippen LogP contribution in [0.25, 0.3) is 16.9 Å². The van der Waals surface area contributed by atoms with Gasteiger partial charge in [0, 0.05) is 17.2 Å². The molecule has 5 nitrogen and oxygen atoms in total. The van der Waals surface area contributed by atoms with Crippen LogP contribution in [-0.4, -0.2) is 33.7 Å². The molecule has 1 heterocycles. The number of aliphatic hydroxyl groups excluding tert-OH is 1. The van der Waals surface area contributed by atoms with Crippen LogP contribution >= 0.6 is 11.6 Å². The van der Waals surface area contributed by atoms with Crippen LogP contribution < -0.4 is 4.74 Å². The number of halogens is 1. The van der Waals surface area contributed by atoms with E-state index in [9.17, 15) is 5.11 Å². The predicted octanol–water partition coefficient (Wildman–Crippen LogP) is 4.18. The molecule has 1 aromatic heterocycles. The number of hydrogen-bond donors (Lipinski definition) is 2. The van der Waals surface area contributed by atoms with Crippen molar-refractivity contribution in [2.75, 3.05) is 13.7 Å². The lowest BCUT2D eigenvalue weighted by Gasteiger charge is -2.20. The maximum atomic E-state index is 10.8. The molecule has 0 spiro atoms. The maximum absolute atomic E-state index is 10.8. The van der Waals surface area contributed by atoms with Crippen LogP contribution in [0.2, 0.25) is 5.02 Å². The van der Waals surface area contributed by atoms with Crippen molar-refractivity contribution in [2.24, 2.45) is 0 Å². The van der Waals surface area contributed by atoms with E-state index < -0.39 is 5.60 Å². The lowest BCUT2D eigenvalue weighted by molar-refractivity contribution is 0.0357. The molecule has 0 aliphatic heterocycles. The van der Waals surface area contributed by atoms with E-state index in [0.717, 1.165) is 22.7 Å². The zero-order valence-electron chi connectivity index (χ0n) is 15.4. The first kappa shape index (κ1) is 19.4. The van der Waals surface area contributed by atoms with Gasteiger partial charge < -0.3 is 14.9 Å². The van der Waals surface area contributed by atoms with E-state index in [0.29, 0.717) is 23.6 Å². The molecular weight excluding hydrogens is 364 g/mol. The SMILES string of the molecule is COc1ccc(-c2cc(C(C)(O)CCCO)nn2-c2ccc(Cl)cc2)cc1.